The number of hydrogen-bond acceptors (Lipinski definition) is 4. The van der Waals surface area contributed by atoms with Crippen LogP contribution in [0, 0.1) is 6.92 Å². The molecule has 1 amide bonds. The van der Waals surface area contributed by atoms with E-state index in [1.165, 1.54) is 0 Å². The third-order valence-corrected chi connectivity index (χ3v) is 3.96. The minimum absolute atomic E-state index is 0.207. The molecule has 2 aromatic rings. The van der Waals surface area contributed by atoms with Crippen LogP contribution in [-0.4, -0.2) is 32.3 Å². The number of halogens is 1. The normalized spacial score (nSPS) is 11.5. The molecule has 1 N–H and O–H groups in total. The molecule has 0 heterocycles. The van der Waals surface area contributed by atoms with Crippen molar-refractivity contribution >= 4 is 17.5 Å². The van der Waals surface area contributed by atoms with Crippen molar-refractivity contribution in [2.45, 2.75) is 20.0 Å². The molecule has 6 heteroatoms. The van der Waals surface area contributed by atoms with E-state index in [1.54, 1.807) is 44.4 Å². The molecule has 2 aromatic carbocycles. The van der Waals surface area contributed by atoms with Gasteiger partial charge in [0.05, 0.1) is 13.7 Å². The van der Waals surface area contributed by atoms with Gasteiger partial charge >= 0.3 is 0 Å². The predicted molar refractivity (Wildman–Crippen MR) is 97.8 cm³/mol. The van der Waals surface area contributed by atoms with Crippen LogP contribution in [0.25, 0.3) is 0 Å². The van der Waals surface area contributed by atoms with E-state index in [4.69, 9.17) is 25.8 Å². The fraction of sp³-hybridized carbons (Fsp3) is 0.316. The third kappa shape index (κ3) is 5.87. The monoisotopic (exact) mass is 363 g/mol. The standard InChI is InChI=1S/C19H22ClNO4/c1-13-4-5-17(12-18(13)20)24-11-10-21-19(22)14(2)25-16-8-6-15(23-3)7-9-16/h4-9,12,14H,10-11H2,1-3H3,(H,21,22)/t14-/m0/s1. The van der Waals surface area contributed by atoms with Crippen molar-refractivity contribution < 1.29 is 19.0 Å². The topological polar surface area (TPSA) is 56.8 Å². The summed E-state index contributed by atoms with van der Waals surface area (Å²) < 4.78 is 16.2. The molecule has 0 aliphatic rings. The first-order valence-electron chi connectivity index (χ1n) is 7.97. The number of nitrogens with one attached hydrogen (secondary N) is 1. The highest BCUT2D eigenvalue weighted by Gasteiger charge is 2.14. The van der Waals surface area contributed by atoms with E-state index < -0.39 is 6.10 Å². The number of methoxy groups -OCH3 is 1. The van der Waals surface area contributed by atoms with Crippen molar-refractivity contribution in [3.05, 3.63) is 53.1 Å². The molecule has 0 spiro atoms. The number of amides is 1. The van der Waals surface area contributed by atoms with Crippen LogP contribution in [0.4, 0.5) is 0 Å². The minimum atomic E-state index is -0.609. The van der Waals surface area contributed by atoms with Gasteiger partial charge < -0.3 is 19.5 Å². The predicted octanol–water partition coefficient (Wildman–Crippen LogP) is 3.62. The number of benzene rings is 2. The molecule has 0 aliphatic carbocycles. The Hall–Kier alpha value is -2.40. The Morgan fingerprint density at radius 1 is 1.12 bits per heavy atom. The van der Waals surface area contributed by atoms with Gasteiger partial charge in [0.25, 0.3) is 5.91 Å². The average Bonchev–Trinajstić information content (AvgIpc) is 2.62. The lowest BCUT2D eigenvalue weighted by molar-refractivity contribution is -0.127. The summed E-state index contributed by atoms with van der Waals surface area (Å²) in [5, 5.41) is 3.43. The van der Waals surface area contributed by atoms with E-state index in [1.807, 2.05) is 19.1 Å². The summed E-state index contributed by atoms with van der Waals surface area (Å²) in [6, 6.07) is 12.6. The number of ether oxygens (including phenoxy) is 3. The smallest absolute Gasteiger partial charge is 0.260 e. The van der Waals surface area contributed by atoms with Crippen LogP contribution in [0.1, 0.15) is 12.5 Å². The molecule has 0 radical (unpaired) electrons. The summed E-state index contributed by atoms with van der Waals surface area (Å²) in [4.78, 5) is 12.0. The molecule has 0 aromatic heterocycles. The van der Waals surface area contributed by atoms with Crippen LogP contribution in [0.5, 0.6) is 17.2 Å². The summed E-state index contributed by atoms with van der Waals surface area (Å²) in [5.74, 6) is 1.81. The lowest BCUT2D eigenvalue weighted by atomic mass is 10.2. The first-order valence-corrected chi connectivity index (χ1v) is 8.35. The largest absolute Gasteiger partial charge is 0.497 e. The SMILES string of the molecule is COc1ccc(O[C@@H](C)C(=O)NCCOc2ccc(C)c(Cl)c2)cc1. The molecular formula is C19H22ClNO4. The fourth-order valence-corrected chi connectivity index (χ4v) is 2.23. The summed E-state index contributed by atoms with van der Waals surface area (Å²) in [7, 11) is 1.60. The zero-order chi connectivity index (χ0) is 18.2. The van der Waals surface area contributed by atoms with Crippen LogP contribution in [0.2, 0.25) is 5.02 Å². The van der Waals surface area contributed by atoms with Crippen LogP contribution >= 0.6 is 11.6 Å². The number of hydrogen-bond donors (Lipinski definition) is 1. The van der Waals surface area contributed by atoms with E-state index in [0.29, 0.717) is 29.7 Å². The molecule has 5 nitrogen and oxygen atoms in total. The van der Waals surface area contributed by atoms with E-state index in [9.17, 15) is 4.79 Å². The molecule has 0 saturated heterocycles. The second-order valence-electron chi connectivity index (χ2n) is 5.49. The van der Waals surface area contributed by atoms with Gasteiger partial charge in [-0.1, -0.05) is 17.7 Å². The quantitative estimate of drug-likeness (QED) is 0.728. The molecule has 0 unspecified atom stereocenters. The summed E-state index contributed by atoms with van der Waals surface area (Å²) in [6.07, 6.45) is -0.609. The van der Waals surface area contributed by atoms with Crippen molar-refractivity contribution in [1.82, 2.24) is 5.32 Å². The molecule has 0 saturated carbocycles. The van der Waals surface area contributed by atoms with Crippen LogP contribution in [0.15, 0.2) is 42.5 Å². The minimum Gasteiger partial charge on any atom is -0.497 e. The maximum Gasteiger partial charge on any atom is 0.260 e. The second kappa shape index (κ2) is 9.18. The zero-order valence-electron chi connectivity index (χ0n) is 14.5. The number of aryl methyl sites for hydroxylation is 1. The summed E-state index contributed by atoms with van der Waals surface area (Å²) >= 11 is 6.04. The van der Waals surface area contributed by atoms with E-state index in [0.717, 1.165) is 11.3 Å². The van der Waals surface area contributed by atoms with Gasteiger partial charge in [0, 0.05) is 5.02 Å². The molecule has 1 atom stereocenters. The Balaban J connectivity index is 1.72. The maximum absolute atomic E-state index is 12.0. The Bertz CT molecular complexity index is 703. The highest BCUT2D eigenvalue weighted by atomic mass is 35.5. The van der Waals surface area contributed by atoms with Gasteiger partial charge in [-0.05, 0) is 55.8 Å². The van der Waals surface area contributed by atoms with Crippen molar-refractivity contribution in [3.63, 3.8) is 0 Å². The summed E-state index contributed by atoms with van der Waals surface area (Å²) in [6.45, 7) is 4.34. The highest BCUT2D eigenvalue weighted by Crippen LogP contribution is 2.21. The number of carbonyl (C=O) groups is 1. The van der Waals surface area contributed by atoms with Gasteiger partial charge in [-0.2, -0.15) is 0 Å². The maximum atomic E-state index is 12.0. The van der Waals surface area contributed by atoms with Crippen molar-refractivity contribution in [3.8, 4) is 17.2 Å². The summed E-state index contributed by atoms with van der Waals surface area (Å²) in [5.41, 5.74) is 0.992. The van der Waals surface area contributed by atoms with E-state index in [-0.39, 0.29) is 5.91 Å². The molecule has 0 fully saturated rings. The zero-order valence-corrected chi connectivity index (χ0v) is 15.3. The highest BCUT2D eigenvalue weighted by molar-refractivity contribution is 6.31. The second-order valence-corrected chi connectivity index (χ2v) is 5.89. The van der Waals surface area contributed by atoms with Crippen LogP contribution < -0.4 is 19.5 Å². The van der Waals surface area contributed by atoms with Crippen molar-refractivity contribution in [2.75, 3.05) is 20.3 Å². The Kier molecular flexibility index (Phi) is 6.95. The van der Waals surface area contributed by atoms with Gasteiger partial charge in [0.2, 0.25) is 0 Å². The van der Waals surface area contributed by atoms with Crippen LogP contribution in [0.3, 0.4) is 0 Å². The van der Waals surface area contributed by atoms with Gasteiger partial charge in [-0.25, -0.2) is 0 Å². The van der Waals surface area contributed by atoms with Gasteiger partial charge in [-0.3, -0.25) is 4.79 Å². The van der Waals surface area contributed by atoms with Gasteiger partial charge in [0.15, 0.2) is 6.10 Å². The Morgan fingerprint density at radius 2 is 1.76 bits per heavy atom. The molecule has 25 heavy (non-hydrogen) atoms. The van der Waals surface area contributed by atoms with Crippen LogP contribution in [-0.2, 0) is 4.79 Å². The first kappa shape index (κ1) is 18.9. The fourth-order valence-electron chi connectivity index (χ4n) is 2.06. The lowest BCUT2D eigenvalue weighted by Crippen LogP contribution is -2.38. The Morgan fingerprint density at radius 3 is 2.40 bits per heavy atom. The first-order chi connectivity index (χ1) is 12.0. The van der Waals surface area contributed by atoms with Crippen molar-refractivity contribution in [2.24, 2.45) is 0 Å². The van der Waals surface area contributed by atoms with E-state index >= 15 is 0 Å². The number of carbonyl (C=O) groups excluding carboxylic acids is 1. The molecule has 0 aliphatic heterocycles. The van der Waals surface area contributed by atoms with Gasteiger partial charge in [-0.15, -0.1) is 0 Å². The van der Waals surface area contributed by atoms with E-state index in [2.05, 4.69) is 5.32 Å². The van der Waals surface area contributed by atoms with Crippen molar-refractivity contribution in [1.29, 1.82) is 0 Å². The average molecular weight is 364 g/mol. The molecule has 134 valence electrons. The molecular weight excluding hydrogens is 342 g/mol. The Labute approximate surface area is 152 Å². The molecule has 0 bridgehead atoms. The molecule has 2 rings (SSSR count). The number of rotatable bonds is 8. The third-order valence-electron chi connectivity index (χ3n) is 3.55. The lowest BCUT2D eigenvalue weighted by Gasteiger charge is -2.15. The van der Waals surface area contributed by atoms with Gasteiger partial charge in [0.1, 0.15) is 23.9 Å².